The summed E-state index contributed by atoms with van der Waals surface area (Å²) in [6, 6.07) is 14.5. The number of aryl methyl sites for hydroxylation is 1. The van der Waals surface area contributed by atoms with Crippen molar-refractivity contribution in [3.63, 3.8) is 0 Å². The SMILES string of the molecule is CCc1cc(OCOCC[Si](C)(C)C)c(F)cc1-c1cc2c(c(I)nn2COCC[Si](C)(C)C)c(NCCc2ccc(O)cc2)n1. The van der Waals surface area contributed by atoms with Gasteiger partial charge >= 0.3 is 0 Å². The van der Waals surface area contributed by atoms with Gasteiger partial charge in [0, 0.05) is 41.5 Å². The van der Waals surface area contributed by atoms with E-state index in [0.717, 1.165) is 44.2 Å². The molecular weight excluding hydrogens is 730 g/mol. The number of pyridine rings is 1. The topological polar surface area (TPSA) is 90.7 Å². The average molecular weight is 779 g/mol. The van der Waals surface area contributed by atoms with Gasteiger partial charge in [-0.2, -0.15) is 5.10 Å². The Hall–Kier alpha value is -2.53. The lowest BCUT2D eigenvalue weighted by Gasteiger charge is -2.17. The van der Waals surface area contributed by atoms with E-state index in [0.29, 0.717) is 50.0 Å². The molecule has 0 bridgehead atoms. The van der Waals surface area contributed by atoms with Crippen molar-refractivity contribution in [2.75, 3.05) is 31.9 Å². The Kier molecular flexibility index (Phi) is 12.7. The van der Waals surface area contributed by atoms with Gasteiger partial charge in [0.15, 0.2) is 18.4 Å². The van der Waals surface area contributed by atoms with Crippen LogP contribution >= 0.6 is 22.6 Å². The van der Waals surface area contributed by atoms with E-state index in [1.54, 1.807) is 18.2 Å². The minimum absolute atomic E-state index is 0.0124. The fourth-order valence-electron chi connectivity index (χ4n) is 4.81. The largest absolute Gasteiger partial charge is 0.508 e. The number of aromatic hydroxyl groups is 1. The Morgan fingerprint density at radius 3 is 2.28 bits per heavy atom. The molecule has 46 heavy (non-hydrogen) atoms. The smallest absolute Gasteiger partial charge is 0.189 e. The van der Waals surface area contributed by atoms with Crippen molar-refractivity contribution in [3.05, 3.63) is 63.1 Å². The number of nitrogens with one attached hydrogen (secondary N) is 1. The van der Waals surface area contributed by atoms with Crippen LogP contribution in [-0.2, 0) is 29.0 Å². The highest BCUT2D eigenvalue weighted by Crippen LogP contribution is 2.35. The third-order valence-electron chi connectivity index (χ3n) is 7.65. The molecule has 12 heteroatoms. The maximum atomic E-state index is 15.5. The van der Waals surface area contributed by atoms with E-state index in [-0.39, 0.29) is 18.3 Å². The quantitative estimate of drug-likeness (QED) is 0.0480. The zero-order valence-electron chi connectivity index (χ0n) is 28.2. The van der Waals surface area contributed by atoms with Gasteiger partial charge in [-0.3, -0.25) is 0 Å². The minimum Gasteiger partial charge on any atom is -0.508 e. The molecular formula is C34H48FIN4O4Si2. The Labute approximate surface area is 288 Å². The van der Waals surface area contributed by atoms with Gasteiger partial charge in [-0.25, -0.2) is 14.1 Å². The molecule has 2 N–H and O–H groups in total. The van der Waals surface area contributed by atoms with Crippen LogP contribution in [0.1, 0.15) is 18.1 Å². The number of hydrogen-bond donors (Lipinski definition) is 2. The Morgan fingerprint density at radius 1 is 0.957 bits per heavy atom. The van der Waals surface area contributed by atoms with Gasteiger partial charge in [-0.15, -0.1) is 0 Å². The predicted molar refractivity (Wildman–Crippen MR) is 199 cm³/mol. The van der Waals surface area contributed by atoms with Crippen molar-refractivity contribution < 1.29 is 23.7 Å². The van der Waals surface area contributed by atoms with Crippen molar-refractivity contribution in [3.8, 4) is 22.8 Å². The average Bonchev–Trinajstić information content (AvgIpc) is 3.30. The highest BCUT2D eigenvalue weighted by atomic mass is 127. The third-order valence-corrected chi connectivity index (χ3v) is 11.8. The van der Waals surface area contributed by atoms with E-state index in [9.17, 15) is 5.11 Å². The Bertz CT molecular complexity index is 1600. The molecule has 0 unspecified atom stereocenters. The highest BCUT2D eigenvalue weighted by Gasteiger charge is 2.20. The molecule has 2 aromatic heterocycles. The Morgan fingerprint density at radius 2 is 1.63 bits per heavy atom. The number of ether oxygens (including phenoxy) is 3. The van der Waals surface area contributed by atoms with Gasteiger partial charge in [0.2, 0.25) is 0 Å². The van der Waals surface area contributed by atoms with Gasteiger partial charge in [-0.05, 0) is 89.0 Å². The van der Waals surface area contributed by atoms with Gasteiger partial charge in [0.05, 0.1) is 16.6 Å². The zero-order chi connectivity index (χ0) is 33.5. The first-order chi connectivity index (χ1) is 21.7. The summed E-state index contributed by atoms with van der Waals surface area (Å²) in [7, 11) is -2.45. The van der Waals surface area contributed by atoms with Gasteiger partial charge < -0.3 is 24.6 Å². The summed E-state index contributed by atoms with van der Waals surface area (Å²) in [5, 5.41) is 18.9. The summed E-state index contributed by atoms with van der Waals surface area (Å²) in [5.41, 5.74) is 4.24. The van der Waals surface area contributed by atoms with E-state index in [1.165, 1.54) is 6.07 Å². The van der Waals surface area contributed by atoms with E-state index < -0.39 is 22.0 Å². The number of hydrogen-bond acceptors (Lipinski definition) is 7. The summed E-state index contributed by atoms with van der Waals surface area (Å²) in [4.78, 5) is 5.04. The lowest BCUT2D eigenvalue weighted by Crippen LogP contribution is -2.22. The molecule has 0 saturated heterocycles. The summed E-state index contributed by atoms with van der Waals surface area (Å²) >= 11 is 2.24. The van der Waals surface area contributed by atoms with Crippen LogP contribution < -0.4 is 10.1 Å². The summed E-state index contributed by atoms with van der Waals surface area (Å²) < 4.78 is 35.7. The number of nitrogens with zero attached hydrogens (tertiary/aromatic N) is 3. The molecule has 0 atom stereocenters. The molecule has 0 amide bonds. The monoisotopic (exact) mass is 778 g/mol. The van der Waals surface area contributed by atoms with Crippen LogP contribution in [-0.4, -0.2) is 62.6 Å². The summed E-state index contributed by atoms with van der Waals surface area (Å²) in [6.45, 7) is 18.1. The third kappa shape index (κ3) is 10.5. The van der Waals surface area contributed by atoms with Crippen LogP contribution in [0.4, 0.5) is 10.2 Å². The molecule has 2 heterocycles. The standard InChI is InChI=1S/C34H48FIN4O4Si2/c1-8-25-19-31(44-23-43-16-18-46(5,6)7)28(35)20-27(25)29-21-30-32(33(36)39-40(30)22-42-15-17-45(2,3)4)34(38-29)37-14-13-24-9-11-26(41)12-10-24/h9-12,19-21,41H,8,13-18,22-23H2,1-7H3,(H,37,38). The van der Waals surface area contributed by atoms with Crippen LogP contribution in [0, 0.1) is 9.52 Å². The molecule has 0 aliphatic carbocycles. The van der Waals surface area contributed by atoms with Gasteiger partial charge in [0.25, 0.3) is 0 Å². The van der Waals surface area contributed by atoms with Crippen molar-refractivity contribution >= 4 is 55.5 Å². The summed E-state index contributed by atoms with van der Waals surface area (Å²) in [6.07, 6.45) is 1.40. The second-order valence-corrected chi connectivity index (χ2v) is 26.3. The van der Waals surface area contributed by atoms with Crippen LogP contribution in [0.25, 0.3) is 22.2 Å². The lowest BCUT2D eigenvalue weighted by molar-refractivity contribution is 0.0197. The minimum atomic E-state index is -1.24. The second-order valence-electron chi connectivity index (χ2n) is 14.0. The number of phenols is 1. The fourth-order valence-corrected chi connectivity index (χ4v) is 7.12. The van der Waals surface area contributed by atoms with Crippen molar-refractivity contribution in [1.82, 2.24) is 14.8 Å². The number of anilines is 1. The van der Waals surface area contributed by atoms with Crippen LogP contribution in [0.15, 0.2) is 42.5 Å². The number of benzene rings is 2. The first kappa shape index (κ1) is 36.3. The molecule has 0 aliphatic heterocycles. The molecule has 0 spiro atoms. The van der Waals surface area contributed by atoms with Crippen LogP contribution in [0.3, 0.4) is 0 Å². The van der Waals surface area contributed by atoms with Crippen molar-refractivity contribution in [2.45, 2.75) is 77.9 Å². The molecule has 0 aliphatic rings. The molecule has 2 aromatic carbocycles. The zero-order valence-corrected chi connectivity index (χ0v) is 32.3. The number of aromatic nitrogens is 3. The first-order valence-electron chi connectivity index (χ1n) is 15.9. The molecule has 0 fully saturated rings. The van der Waals surface area contributed by atoms with E-state index in [2.05, 4.69) is 67.2 Å². The van der Waals surface area contributed by atoms with Crippen LogP contribution in [0.2, 0.25) is 51.4 Å². The molecule has 0 radical (unpaired) electrons. The molecule has 4 rings (SSSR count). The van der Waals surface area contributed by atoms with Crippen LogP contribution in [0.5, 0.6) is 11.5 Å². The van der Waals surface area contributed by atoms with Crippen molar-refractivity contribution in [2.24, 2.45) is 0 Å². The van der Waals surface area contributed by atoms with E-state index in [1.807, 2.05) is 29.8 Å². The normalized spacial score (nSPS) is 12.2. The number of halogens is 2. The second kappa shape index (κ2) is 16.0. The molecule has 0 saturated carbocycles. The summed E-state index contributed by atoms with van der Waals surface area (Å²) in [5.74, 6) is 0.647. The highest BCUT2D eigenvalue weighted by molar-refractivity contribution is 14.1. The first-order valence-corrected chi connectivity index (χ1v) is 24.4. The molecule has 8 nitrogen and oxygen atoms in total. The lowest BCUT2D eigenvalue weighted by atomic mass is 10.0. The number of phenolic OH excluding ortho intramolecular Hbond substituents is 1. The number of rotatable bonds is 17. The fraction of sp³-hybridized carbons (Fsp3) is 0.471. The van der Waals surface area contributed by atoms with E-state index >= 15 is 4.39 Å². The van der Waals surface area contributed by atoms with Crippen molar-refractivity contribution in [1.29, 1.82) is 0 Å². The molecule has 250 valence electrons. The maximum absolute atomic E-state index is 15.5. The number of fused-ring (bicyclic) bond motifs is 1. The Balaban J connectivity index is 1.64. The van der Waals surface area contributed by atoms with E-state index in [4.69, 9.17) is 24.3 Å². The maximum Gasteiger partial charge on any atom is 0.189 e. The van der Waals surface area contributed by atoms with Gasteiger partial charge in [0.1, 0.15) is 22.0 Å². The predicted octanol–water partition coefficient (Wildman–Crippen LogP) is 8.77. The van der Waals surface area contributed by atoms with Gasteiger partial charge in [-0.1, -0.05) is 58.3 Å². The molecule has 4 aromatic rings.